The van der Waals surface area contributed by atoms with Gasteiger partial charge in [0.15, 0.2) is 0 Å². The Morgan fingerprint density at radius 1 is 1.44 bits per heavy atom. The Morgan fingerprint density at radius 3 is 2.96 bits per heavy atom. The summed E-state index contributed by atoms with van der Waals surface area (Å²) < 4.78 is 0. The van der Waals surface area contributed by atoms with Crippen molar-refractivity contribution in [1.29, 1.82) is 0 Å². The molecular weight excluding hydrogens is 362 g/mol. The van der Waals surface area contributed by atoms with Crippen LogP contribution < -0.4 is 10.6 Å². The maximum Gasteiger partial charge on any atom is 0.255 e. The van der Waals surface area contributed by atoms with Gasteiger partial charge in [0, 0.05) is 10.6 Å². The Balaban J connectivity index is 1.74. The Hall–Kier alpha value is -2.67. The number of phenols is 1. The molecule has 3 N–H and O–H groups in total. The van der Waals surface area contributed by atoms with Gasteiger partial charge in [-0.05, 0) is 56.4 Å². The Bertz CT molecular complexity index is 891. The number of aryl methyl sites for hydroxylation is 1. The van der Waals surface area contributed by atoms with Crippen LogP contribution in [0.15, 0.2) is 30.9 Å². The summed E-state index contributed by atoms with van der Waals surface area (Å²) in [7, 11) is 0. The van der Waals surface area contributed by atoms with E-state index < -0.39 is 5.91 Å². The Labute approximate surface area is 162 Å². The highest BCUT2D eigenvalue weighted by Crippen LogP contribution is 2.32. The largest absolute Gasteiger partial charge is 0.507 e. The van der Waals surface area contributed by atoms with Crippen molar-refractivity contribution in [2.24, 2.45) is 5.92 Å². The molecule has 1 aromatic carbocycles. The van der Waals surface area contributed by atoms with Crippen LogP contribution in [0.3, 0.4) is 0 Å². The van der Waals surface area contributed by atoms with Gasteiger partial charge in [0.1, 0.15) is 10.8 Å². The third-order valence-electron chi connectivity index (χ3n) is 4.61. The zero-order valence-electron chi connectivity index (χ0n) is 15.4. The first-order valence-electron chi connectivity index (χ1n) is 8.93. The molecule has 2 aromatic rings. The number of nitrogens with one attached hydrogen (secondary N) is 2. The molecule has 1 aliphatic carbocycles. The molecular formula is C20H23N3O3S. The second-order valence-corrected chi connectivity index (χ2v) is 8.01. The van der Waals surface area contributed by atoms with Crippen LogP contribution in [0, 0.1) is 5.92 Å². The van der Waals surface area contributed by atoms with Gasteiger partial charge >= 0.3 is 0 Å². The molecule has 27 heavy (non-hydrogen) atoms. The summed E-state index contributed by atoms with van der Waals surface area (Å²) in [4.78, 5) is 30.1. The smallest absolute Gasteiger partial charge is 0.255 e. The fraction of sp³-hybridized carbons (Fsp3) is 0.350. The van der Waals surface area contributed by atoms with E-state index in [9.17, 15) is 14.7 Å². The molecule has 2 amide bonds. The number of anilines is 1. The fourth-order valence-corrected chi connectivity index (χ4v) is 4.35. The molecule has 0 saturated heterocycles. The van der Waals surface area contributed by atoms with Gasteiger partial charge in [-0.3, -0.25) is 9.59 Å². The number of carbonyl (C=O) groups excluding carboxylic acids is 2. The SMILES string of the molecule is C=CC(=O)Nc1ccc(O)c(C(=O)NC(C)c2nc3c(s2)CC(C)CC3)c1. The van der Waals surface area contributed by atoms with Gasteiger partial charge in [-0.25, -0.2) is 4.98 Å². The number of aromatic hydroxyl groups is 1. The first-order valence-corrected chi connectivity index (χ1v) is 9.74. The number of aromatic nitrogens is 1. The number of fused-ring (bicyclic) bond motifs is 1. The summed E-state index contributed by atoms with van der Waals surface area (Å²) in [6, 6.07) is 4.07. The summed E-state index contributed by atoms with van der Waals surface area (Å²) >= 11 is 1.65. The van der Waals surface area contributed by atoms with Crippen LogP contribution in [0.25, 0.3) is 0 Å². The van der Waals surface area contributed by atoms with Crippen molar-refractivity contribution in [1.82, 2.24) is 10.3 Å². The molecule has 2 unspecified atom stereocenters. The molecule has 142 valence electrons. The van der Waals surface area contributed by atoms with E-state index in [2.05, 4.69) is 24.1 Å². The first kappa shape index (κ1) is 19.1. The number of nitrogens with zero attached hydrogens (tertiary/aromatic N) is 1. The fourth-order valence-electron chi connectivity index (χ4n) is 3.07. The number of hydrogen-bond acceptors (Lipinski definition) is 5. The number of benzene rings is 1. The predicted molar refractivity (Wildman–Crippen MR) is 106 cm³/mol. The average molecular weight is 385 g/mol. The van der Waals surface area contributed by atoms with Gasteiger partial charge in [-0.2, -0.15) is 0 Å². The monoisotopic (exact) mass is 385 g/mol. The average Bonchev–Trinajstić information content (AvgIpc) is 3.06. The number of rotatable bonds is 5. The van der Waals surface area contributed by atoms with E-state index in [1.807, 2.05) is 6.92 Å². The molecule has 0 spiro atoms. The van der Waals surface area contributed by atoms with Gasteiger partial charge in [-0.15, -0.1) is 11.3 Å². The van der Waals surface area contributed by atoms with E-state index in [1.165, 1.54) is 23.1 Å². The maximum atomic E-state index is 12.6. The second kappa shape index (κ2) is 7.92. The van der Waals surface area contributed by atoms with Crippen molar-refractivity contribution in [3.63, 3.8) is 0 Å². The molecule has 2 atom stereocenters. The zero-order valence-corrected chi connectivity index (χ0v) is 16.2. The van der Waals surface area contributed by atoms with Crippen LogP contribution in [0.5, 0.6) is 5.75 Å². The molecule has 0 radical (unpaired) electrons. The van der Waals surface area contributed by atoms with E-state index in [4.69, 9.17) is 4.98 Å². The number of hydrogen-bond donors (Lipinski definition) is 3. The highest BCUT2D eigenvalue weighted by atomic mass is 32.1. The van der Waals surface area contributed by atoms with Crippen LogP contribution in [0.2, 0.25) is 0 Å². The number of amides is 2. The molecule has 3 rings (SSSR count). The molecule has 0 aliphatic heterocycles. The normalized spacial score (nSPS) is 16.9. The molecule has 0 saturated carbocycles. The van der Waals surface area contributed by atoms with Crippen molar-refractivity contribution >= 4 is 28.8 Å². The van der Waals surface area contributed by atoms with Crippen molar-refractivity contribution in [3.8, 4) is 5.75 Å². The molecule has 1 aliphatic rings. The first-order chi connectivity index (χ1) is 12.9. The molecule has 0 bridgehead atoms. The standard InChI is InChI=1S/C20H23N3O3S/c1-4-18(25)22-13-6-8-16(24)14(10-13)19(26)21-12(3)20-23-15-7-5-11(2)9-17(15)27-20/h4,6,8,10-12,24H,1,5,7,9H2,2-3H3,(H,21,26)(H,22,25). The van der Waals surface area contributed by atoms with Gasteiger partial charge in [0.05, 0.1) is 17.3 Å². The molecule has 1 heterocycles. The molecule has 0 fully saturated rings. The van der Waals surface area contributed by atoms with Crippen molar-refractivity contribution in [2.45, 2.75) is 39.2 Å². The lowest BCUT2D eigenvalue weighted by Gasteiger charge is -2.15. The zero-order chi connectivity index (χ0) is 19.6. The van der Waals surface area contributed by atoms with Crippen molar-refractivity contribution in [3.05, 3.63) is 52.0 Å². The lowest BCUT2D eigenvalue weighted by Crippen LogP contribution is -2.26. The van der Waals surface area contributed by atoms with Gasteiger partial charge < -0.3 is 15.7 Å². The minimum absolute atomic E-state index is 0.0960. The van der Waals surface area contributed by atoms with E-state index in [0.717, 1.165) is 36.0 Å². The summed E-state index contributed by atoms with van der Waals surface area (Å²) in [5, 5.41) is 16.4. The highest BCUT2D eigenvalue weighted by Gasteiger charge is 2.23. The van der Waals surface area contributed by atoms with Gasteiger partial charge in [-0.1, -0.05) is 13.5 Å². The topological polar surface area (TPSA) is 91.3 Å². The van der Waals surface area contributed by atoms with Crippen LogP contribution in [0.4, 0.5) is 5.69 Å². The predicted octanol–water partition coefficient (Wildman–Crippen LogP) is 3.59. The van der Waals surface area contributed by atoms with E-state index in [1.54, 1.807) is 11.3 Å². The quantitative estimate of drug-likeness (QED) is 0.542. The molecule has 7 heteroatoms. The lowest BCUT2D eigenvalue weighted by molar-refractivity contribution is -0.111. The maximum absolute atomic E-state index is 12.6. The van der Waals surface area contributed by atoms with Crippen LogP contribution in [0.1, 0.15) is 52.2 Å². The summed E-state index contributed by atoms with van der Waals surface area (Å²) in [5.41, 5.74) is 1.65. The van der Waals surface area contributed by atoms with Crippen LogP contribution >= 0.6 is 11.3 Å². The van der Waals surface area contributed by atoms with E-state index >= 15 is 0 Å². The van der Waals surface area contributed by atoms with Crippen LogP contribution in [-0.2, 0) is 17.6 Å². The summed E-state index contributed by atoms with van der Waals surface area (Å²) in [5.74, 6) is -0.288. The van der Waals surface area contributed by atoms with Crippen LogP contribution in [-0.4, -0.2) is 21.9 Å². The third-order valence-corrected chi connectivity index (χ3v) is 5.92. The lowest BCUT2D eigenvalue weighted by atomic mass is 9.93. The number of phenolic OH excluding ortho intramolecular Hbond substituents is 1. The minimum atomic E-state index is -0.420. The molecule has 6 nitrogen and oxygen atoms in total. The Morgan fingerprint density at radius 2 is 2.22 bits per heavy atom. The van der Waals surface area contributed by atoms with E-state index in [0.29, 0.717) is 11.6 Å². The number of carbonyl (C=O) groups is 2. The minimum Gasteiger partial charge on any atom is -0.507 e. The Kier molecular flexibility index (Phi) is 5.60. The van der Waals surface area contributed by atoms with Gasteiger partial charge in [0.25, 0.3) is 5.91 Å². The summed E-state index contributed by atoms with van der Waals surface area (Å²) in [6.07, 6.45) is 4.31. The van der Waals surface area contributed by atoms with E-state index in [-0.39, 0.29) is 23.3 Å². The van der Waals surface area contributed by atoms with Crippen molar-refractivity contribution in [2.75, 3.05) is 5.32 Å². The second-order valence-electron chi connectivity index (χ2n) is 6.89. The third kappa shape index (κ3) is 4.36. The van der Waals surface area contributed by atoms with Gasteiger partial charge in [0.2, 0.25) is 5.91 Å². The summed E-state index contributed by atoms with van der Waals surface area (Å²) in [6.45, 7) is 7.52. The number of thiazole rings is 1. The highest BCUT2D eigenvalue weighted by molar-refractivity contribution is 7.11. The molecule has 1 aromatic heterocycles. The van der Waals surface area contributed by atoms with Crippen molar-refractivity contribution < 1.29 is 14.7 Å².